The molecule has 0 aliphatic carbocycles. The Morgan fingerprint density at radius 1 is 1.36 bits per heavy atom. The van der Waals surface area contributed by atoms with Gasteiger partial charge >= 0.3 is 0 Å². The summed E-state index contributed by atoms with van der Waals surface area (Å²) in [5.41, 5.74) is 7.59. The highest BCUT2D eigenvalue weighted by molar-refractivity contribution is 6.07. The van der Waals surface area contributed by atoms with Crippen LogP contribution in [-0.2, 0) is 14.4 Å². The molecule has 1 aromatic rings. The van der Waals surface area contributed by atoms with Crippen LogP contribution in [0, 0.1) is 0 Å². The number of nitrogens with zero attached hydrogens (tertiary/aromatic N) is 1. The molecule has 0 saturated heterocycles. The van der Waals surface area contributed by atoms with E-state index < -0.39 is 11.9 Å². The first-order valence-electron chi connectivity index (χ1n) is 7.84. The molecular formula is C18H18N4O3. The van der Waals surface area contributed by atoms with E-state index in [1.807, 2.05) is 12.0 Å². The minimum absolute atomic E-state index is 0.0607. The van der Waals surface area contributed by atoms with Crippen LogP contribution < -0.4 is 16.4 Å². The van der Waals surface area contributed by atoms with Gasteiger partial charge in [-0.15, -0.1) is 0 Å². The zero-order chi connectivity index (χ0) is 18.1. The molecule has 2 aliphatic heterocycles. The van der Waals surface area contributed by atoms with Gasteiger partial charge in [0.25, 0.3) is 11.8 Å². The Kier molecular flexibility index (Phi) is 4.17. The van der Waals surface area contributed by atoms with E-state index in [0.717, 1.165) is 0 Å². The van der Waals surface area contributed by atoms with Crippen molar-refractivity contribution in [3.63, 3.8) is 0 Å². The molecule has 2 amide bonds. The van der Waals surface area contributed by atoms with Gasteiger partial charge in [-0.3, -0.25) is 14.5 Å². The standard InChI is InChI=1S/C18H18N4O3/c1-10-15(19)18(25)22-11(2)12(9-23)8-14(16(22)20-10)17(24)21-13-6-4-3-5-7-13/h3-7,11,20H,8,19H2,1-2H3,(H,21,24). The SMILES string of the molecule is CC1=C(N)C(=O)N2C(=C(C(=O)Nc3ccccc3)CC(=C=O)C2C)N1. The lowest BCUT2D eigenvalue weighted by molar-refractivity contribution is -0.127. The lowest BCUT2D eigenvalue weighted by Gasteiger charge is -2.40. The van der Waals surface area contributed by atoms with Crippen molar-refractivity contribution < 1.29 is 14.4 Å². The molecule has 128 valence electrons. The van der Waals surface area contributed by atoms with E-state index in [4.69, 9.17) is 5.73 Å². The van der Waals surface area contributed by atoms with Crippen LogP contribution in [0.4, 0.5) is 5.69 Å². The number of allylic oxidation sites excluding steroid dienone is 1. The zero-order valence-electron chi connectivity index (χ0n) is 13.9. The average molecular weight is 338 g/mol. The highest BCUT2D eigenvalue weighted by atomic mass is 16.2. The number of fused-ring (bicyclic) bond motifs is 1. The first kappa shape index (κ1) is 16.5. The Bertz CT molecular complexity index is 864. The summed E-state index contributed by atoms with van der Waals surface area (Å²) in [5, 5.41) is 5.81. The summed E-state index contributed by atoms with van der Waals surface area (Å²) in [4.78, 5) is 38.0. The Hall–Kier alpha value is -3.31. The molecule has 1 atom stereocenters. The van der Waals surface area contributed by atoms with Crippen molar-refractivity contribution in [3.05, 3.63) is 58.7 Å². The van der Waals surface area contributed by atoms with Crippen molar-refractivity contribution in [1.82, 2.24) is 10.2 Å². The van der Waals surface area contributed by atoms with Gasteiger partial charge < -0.3 is 16.4 Å². The number of carbonyl (C=O) groups excluding carboxylic acids is 3. The zero-order valence-corrected chi connectivity index (χ0v) is 13.9. The molecule has 0 saturated carbocycles. The maximum atomic E-state index is 12.7. The Morgan fingerprint density at radius 2 is 2.04 bits per heavy atom. The third kappa shape index (κ3) is 2.81. The van der Waals surface area contributed by atoms with E-state index in [9.17, 15) is 14.4 Å². The molecule has 4 N–H and O–H groups in total. The van der Waals surface area contributed by atoms with Gasteiger partial charge in [0.2, 0.25) is 0 Å². The molecule has 2 aliphatic rings. The topological polar surface area (TPSA) is 105 Å². The van der Waals surface area contributed by atoms with Crippen LogP contribution in [0.25, 0.3) is 0 Å². The number of anilines is 1. The van der Waals surface area contributed by atoms with Crippen LogP contribution in [0.2, 0.25) is 0 Å². The number of nitrogens with two attached hydrogens (primary N) is 1. The van der Waals surface area contributed by atoms with Crippen LogP contribution in [0.1, 0.15) is 20.3 Å². The molecule has 0 spiro atoms. The van der Waals surface area contributed by atoms with Crippen LogP contribution in [0.5, 0.6) is 0 Å². The van der Waals surface area contributed by atoms with E-state index in [-0.39, 0.29) is 18.0 Å². The van der Waals surface area contributed by atoms with Gasteiger partial charge in [0.1, 0.15) is 17.5 Å². The third-order valence-corrected chi connectivity index (χ3v) is 4.38. The number of para-hydroxylation sites is 1. The highest BCUT2D eigenvalue weighted by Gasteiger charge is 2.40. The highest BCUT2D eigenvalue weighted by Crippen LogP contribution is 2.33. The molecule has 2 heterocycles. The summed E-state index contributed by atoms with van der Waals surface area (Å²) in [6.07, 6.45) is 0.114. The molecule has 25 heavy (non-hydrogen) atoms. The number of rotatable bonds is 2. The third-order valence-electron chi connectivity index (χ3n) is 4.38. The molecule has 3 rings (SSSR count). The van der Waals surface area contributed by atoms with Gasteiger partial charge in [-0.05, 0) is 26.0 Å². The minimum Gasteiger partial charge on any atom is -0.393 e. The summed E-state index contributed by atoms with van der Waals surface area (Å²) in [5.74, 6) is 1.39. The van der Waals surface area contributed by atoms with Crippen LogP contribution >= 0.6 is 0 Å². The molecule has 1 unspecified atom stereocenters. The van der Waals surface area contributed by atoms with Crippen LogP contribution in [0.15, 0.2) is 58.7 Å². The molecule has 0 bridgehead atoms. The second kappa shape index (κ2) is 6.30. The van der Waals surface area contributed by atoms with Gasteiger partial charge in [0.05, 0.1) is 11.6 Å². The maximum Gasteiger partial charge on any atom is 0.277 e. The van der Waals surface area contributed by atoms with Crippen molar-refractivity contribution in [1.29, 1.82) is 0 Å². The van der Waals surface area contributed by atoms with Crippen molar-refractivity contribution in [3.8, 4) is 0 Å². The Balaban J connectivity index is 2.06. The Labute approximate surface area is 144 Å². The predicted molar refractivity (Wildman–Crippen MR) is 92.3 cm³/mol. The van der Waals surface area contributed by atoms with Gasteiger partial charge in [-0.2, -0.15) is 0 Å². The van der Waals surface area contributed by atoms with E-state index in [2.05, 4.69) is 10.6 Å². The summed E-state index contributed by atoms with van der Waals surface area (Å²) >= 11 is 0. The van der Waals surface area contributed by atoms with Gasteiger partial charge in [-0.1, -0.05) is 18.2 Å². The predicted octanol–water partition coefficient (Wildman–Crippen LogP) is 1.01. The Morgan fingerprint density at radius 3 is 2.68 bits per heavy atom. The van der Waals surface area contributed by atoms with Crippen molar-refractivity contribution in [2.75, 3.05) is 5.32 Å². The summed E-state index contributed by atoms with van der Waals surface area (Å²) < 4.78 is 0. The largest absolute Gasteiger partial charge is 0.393 e. The first-order chi connectivity index (χ1) is 11.9. The monoisotopic (exact) mass is 338 g/mol. The lowest BCUT2D eigenvalue weighted by Crippen LogP contribution is -2.52. The van der Waals surface area contributed by atoms with Gasteiger partial charge in [0, 0.05) is 23.4 Å². The number of amides is 2. The fraction of sp³-hybridized carbons (Fsp3) is 0.222. The summed E-state index contributed by atoms with van der Waals surface area (Å²) in [7, 11) is 0. The van der Waals surface area contributed by atoms with E-state index in [1.165, 1.54) is 4.90 Å². The average Bonchev–Trinajstić information content (AvgIpc) is 2.60. The van der Waals surface area contributed by atoms with E-state index >= 15 is 0 Å². The fourth-order valence-corrected chi connectivity index (χ4v) is 2.90. The van der Waals surface area contributed by atoms with E-state index in [0.29, 0.717) is 28.4 Å². The number of carbonyl (C=O) groups is 2. The fourth-order valence-electron chi connectivity index (χ4n) is 2.90. The normalized spacial score (nSPS) is 20.1. The van der Waals surface area contributed by atoms with Crippen LogP contribution in [-0.4, -0.2) is 28.7 Å². The number of benzene rings is 1. The lowest BCUT2D eigenvalue weighted by atomic mass is 9.92. The maximum absolute atomic E-state index is 12.7. The molecular weight excluding hydrogens is 320 g/mol. The van der Waals surface area contributed by atoms with Crippen LogP contribution in [0.3, 0.4) is 0 Å². The second-order valence-electron chi connectivity index (χ2n) is 5.97. The summed E-state index contributed by atoms with van der Waals surface area (Å²) in [6.45, 7) is 3.37. The van der Waals surface area contributed by atoms with Crippen molar-refractivity contribution in [2.45, 2.75) is 26.3 Å². The number of hydrogen-bond acceptors (Lipinski definition) is 5. The second-order valence-corrected chi connectivity index (χ2v) is 5.97. The molecule has 0 aromatic heterocycles. The summed E-state index contributed by atoms with van der Waals surface area (Å²) in [6, 6.07) is 8.43. The first-order valence-corrected chi connectivity index (χ1v) is 7.84. The number of hydrogen-bond donors (Lipinski definition) is 3. The molecule has 0 radical (unpaired) electrons. The van der Waals surface area contributed by atoms with Gasteiger partial charge in [0.15, 0.2) is 0 Å². The van der Waals surface area contributed by atoms with Gasteiger partial charge in [-0.25, -0.2) is 4.79 Å². The molecule has 0 fully saturated rings. The molecule has 7 nitrogen and oxygen atoms in total. The molecule has 1 aromatic carbocycles. The minimum atomic E-state index is -0.521. The van der Waals surface area contributed by atoms with E-state index in [1.54, 1.807) is 38.1 Å². The number of nitrogens with one attached hydrogen (secondary N) is 2. The smallest absolute Gasteiger partial charge is 0.277 e. The van der Waals surface area contributed by atoms with Crippen molar-refractivity contribution in [2.24, 2.45) is 5.73 Å². The molecule has 7 heteroatoms. The van der Waals surface area contributed by atoms with Crippen molar-refractivity contribution >= 4 is 23.4 Å². The quantitative estimate of drug-likeness (QED) is 0.698.